The summed E-state index contributed by atoms with van der Waals surface area (Å²) in [5.74, 6) is 0. The first-order valence-electron chi connectivity index (χ1n) is 5.22. The number of likely N-dealkylation sites (N-methyl/N-ethyl adjacent to an activating group) is 1. The molecule has 1 unspecified atom stereocenters. The van der Waals surface area contributed by atoms with Gasteiger partial charge in [0.1, 0.15) is 0 Å². The van der Waals surface area contributed by atoms with Gasteiger partial charge in [-0.3, -0.25) is 0 Å². The van der Waals surface area contributed by atoms with Crippen LogP contribution in [0.1, 0.15) is 19.3 Å². The van der Waals surface area contributed by atoms with Crippen molar-refractivity contribution in [3.8, 4) is 0 Å². The van der Waals surface area contributed by atoms with E-state index in [0.29, 0.717) is 0 Å². The van der Waals surface area contributed by atoms with Gasteiger partial charge < -0.3 is 15.0 Å². The molecule has 0 radical (unpaired) electrons. The third kappa shape index (κ3) is 2.03. The molecule has 76 valence electrons. The zero-order valence-corrected chi connectivity index (χ0v) is 8.68. The smallest absolute Gasteiger partial charge is 0.0940 e. The van der Waals surface area contributed by atoms with Crippen LogP contribution >= 0.6 is 0 Å². The lowest BCUT2D eigenvalue weighted by molar-refractivity contribution is -0.0175. The number of ether oxygens (including phenoxy) is 1. The number of hydrogen-bond acceptors (Lipinski definition) is 3. The minimum Gasteiger partial charge on any atom is -0.376 e. The van der Waals surface area contributed by atoms with Crippen molar-refractivity contribution in [3.05, 3.63) is 0 Å². The standard InChI is InChI=1S/C10H20N2O/c1-12(9-3-4-9)8-10(13-2)5-6-11-7-10/h9,11H,3-8H2,1-2H3. The van der Waals surface area contributed by atoms with Gasteiger partial charge in [0, 0.05) is 26.2 Å². The highest BCUT2D eigenvalue weighted by atomic mass is 16.5. The van der Waals surface area contributed by atoms with E-state index in [2.05, 4.69) is 17.3 Å². The molecule has 1 saturated carbocycles. The lowest BCUT2D eigenvalue weighted by atomic mass is 10.0. The molecule has 13 heavy (non-hydrogen) atoms. The van der Waals surface area contributed by atoms with Gasteiger partial charge in [-0.25, -0.2) is 0 Å². The SMILES string of the molecule is COC1(CN(C)C2CC2)CCNC1. The molecule has 1 aliphatic heterocycles. The van der Waals surface area contributed by atoms with Gasteiger partial charge in [-0.1, -0.05) is 0 Å². The Morgan fingerprint density at radius 2 is 2.31 bits per heavy atom. The molecule has 1 aliphatic carbocycles. The lowest BCUT2D eigenvalue weighted by Gasteiger charge is -2.31. The molecule has 3 heteroatoms. The van der Waals surface area contributed by atoms with Gasteiger partial charge in [-0.2, -0.15) is 0 Å². The van der Waals surface area contributed by atoms with Crippen LogP contribution in [0.25, 0.3) is 0 Å². The Morgan fingerprint density at radius 3 is 2.77 bits per heavy atom. The molecule has 0 amide bonds. The van der Waals surface area contributed by atoms with Crippen molar-refractivity contribution < 1.29 is 4.74 Å². The average Bonchev–Trinajstić information content (AvgIpc) is 2.89. The Morgan fingerprint density at radius 1 is 1.54 bits per heavy atom. The Balaban J connectivity index is 1.88. The van der Waals surface area contributed by atoms with Gasteiger partial charge in [-0.05, 0) is 32.9 Å². The van der Waals surface area contributed by atoms with Gasteiger partial charge in [0.25, 0.3) is 0 Å². The fourth-order valence-electron chi connectivity index (χ4n) is 2.19. The first kappa shape index (κ1) is 9.44. The van der Waals surface area contributed by atoms with Crippen LogP contribution in [-0.4, -0.2) is 50.3 Å². The Bertz CT molecular complexity index is 174. The Kier molecular flexibility index (Phi) is 2.58. The molecule has 1 atom stereocenters. The Hall–Kier alpha value is -0.120. The van der Waals surface area contributed by atoms with E-state index in [1.54, 1.807) is 0 Å². The number of nitrogens with zero attached hydrogens (tertiary/aromatic N) is 1. The van der Waals surface area contributed by atoms with Crippen LogP contribution in [-0.2, 0) is 4.74 Å². The molecule has 0 aromatic rings. The van der Waals surface area contributed by atoms with E-state index >= 15 is 0 Å². The van der Waals surface area contributed by atoms with E-state index in [1.165, 1.54) is 12.8 Å². The molecular weight excluding hydrogens is 164 g/mol. The molecule has 0 spiro atoms. The zero-order valence-electron chi connectivity index (χ0n) is 8.68. The number of methoxy groups -OCH3 is 1. The van der Waals surface area contributed by atoms with Gasteiger partial charge in [0.2, 0.25) is 0 Å². The maximum atomic E-state index is 5.64. The van der Waals surface area contributed by atoms with E-state index in [4.69, 9.17) is 4.74 Å². The summed E-state index contributed by atoms with van der Waals surface area (Å²) in [7, 11) is 4.06. The largest absolute Gasteiger partial charge is 0.376 e. The molecule has 1 saturated heterocycles. The van der Waals surface area contributed by atoms with Crippen LogP contribution < -0.4 is 5.32 Å². The number of nitrogens with one attached hydrogen (secondary N) is 1. The summed E-state index contributed by atoms with van der Waals surface area (Å²) in [4.78, 5) is 2.45. The number of rotatable bonds is 4. The molecule has 2 rings (SSSR count). The van der Waals surface area contributed by atoms with Crippen molar-refractivity contribution in [2.24, 2.45) is 0 Å². The predicted molar refractivity (Wildman–Crippen MR) is 52.9 cm³/mol. The van der Waals surface area contributed by atoms with Crippen molar-refractivity contribution in [1.82, 2.24) is 10.2 Å². The Labute approximate surface area is 80.4 Å². The molecule has 0 aromatic carbocycles. The van der Waals surface area contributed by atoms with Crippen LogP contribution in [0.4, 0.5) is 0 Å². The summed E-state index contributed by atoms with van der Waals surface area (Å²) in [6, 6.07) is 0.840. The van der Waals surface area contributed by atoms with Crippen LogP contribution in [0, 0.1) is 0 Å². The number of hydrogen-bond donors (Lipinski definition) is 1. The third-order valence-corrected chi connectivity index (χ3v) is 3.35. The third-order valence-electron chi connectivity index (χ3n) is 3.35. The summed E-state index contributed by atoms with van der Waals surface area (Å²) in [6.07, 6.45) is 3.91. The average molecular weight is 184 g/mol. The molecule has 2 aliphatic rings. The summed E-state index contributed by atoms with van der Waals surface area (Å²) in [5.41, 5.74) is 0.0946. The van der Waals surface area contributed by atoms with E-state index in [9.17, 15) is 0 Å². The summed E-state index contributed by atoms with van der Waals surface area (Å²) in [5, 5.41) is 3.38. The second kappa shape index (κ2) is 3.56. The minimum atomic E-state index is 0.0946. The molecule has 3 nitrogen and oxygen atoms in total. The first-order valence-corrected chi connectivity index (χ1v) is 5.22. The zero-order chi connectivity index (χ0) is 9.31. The molecule has 1 N–H and O–H groups in total. The van der Waals surface area contributed by atoms with Gasteiger partial charge >= 0.3 is 0 Å². The topological polar surface area (TPSA) is 24.5 Å². The molecular formula is C10H20N2O. The maximum absolute atomic E-state index is 5.64. The fraction of sp³-hybridized carbons (Fsp3) is 1.00. The van der Waals surface area contributed by atoms with Gasteiger partial charge in [0.05, 0.1) is 5.60 Å². The second-order valence-corrected chi connectivity index (χ2v) is 4.46. The fourth-order valence-corrected chi connectivity index (χ4v) is 2.19. The molecule has 2 fully saturated rings. The van der Waals surface area contributed by atoms with Crippen LogP contribution in [0.2, 0.25) is 0 Å². The predicted octanol–water partition coefficient (Wildman–Crippen LogP) is 0.459. The van der Waals surface area contributed by atoms with Gasteiger partial charge in [-0.15, -0.1) is 0 Å². The van der Waals surface area contributed by atoms with Crippen molar-refractivity contribution in [1.29, 1.82) is 0 Å². The normalized spacial score (nSPS) is 34.4. The first-order chi connectivity index (χ1) is 6.26. The van der Waals surface area contributed by atoms with E-state index in [1.807, 2.05) is 7.11 Å². The van der Waals surface area contributed by atoms with E-state index < -0.39 is 0 Å². The second-order valence-electron chi connectivity index (χ2n) is 4.46. The highest BCUT2D eigenvalue weighted by Gasteiger charge is 2.38. The van der Waals surface area contributed by atoms with Crippen molar-refractivity contribution in [2.45, 2.75) is 30.9 Å². The molecule has 1 heterocycles. The highest BCUT2D eigenvalue weighted by Crippen LogP contribution is 2.29. The summed E-state index contributed by atoms with van der Waals surface area (Å²) < 4.78 is 5.64. The van der Waals surface area contributed by atoms with Crippen molar-refractivity contribution in [2.75, 3.05) is 33.8 Å². The van der Waals surface area contributed by atoms with Gasteiger partial charge in [0.15, 0.2) is 0 Å². The summed E-state index contributed by atoms with van der Waals surface area (Å²) in [6.45, 7) is 3.20. The van der Waals surface area contributed by atoms with Crippen LogP contribution in [0.5, 0.6) is 0 Å². The van der Waals surface area contributed by atoms with E-state index in [-0.39, 0.29) is 5.60 Å². The van der Waals surface area contributed by atoms with Crippen molar-refractivity contribution >= 4 is 0 Å². The molecule has 0 aromatic heterocycles. The maximum Gasteiger partial charge on any atom is 0.0940 e. The molecule has 0 bridgehead atoms. The lowest BCUT2D eigenvalue weighted by Crippen LogP contribution is -2.45. The van der Waals surface area contributed by atoms with Crippen LogP contribution in [0.15, 0.2) is 0 Å². The summed E-state index contributed by atoms with van der Waals surface area (Å²) >= 11 is 0. The van der Waals surface area contributed by atoms with E-state index in [0.717, 1.165) is 32.1 Å². The monoisotopic (exact) mass is 184 g/mol. The van der Waals surface area contributed by atoms with Crippen LogP contribution in [0.3, 0.4) is 0 Å². The van der Waals surface area contributed by atoms with Crippen molar-refractivity contribution in [3.63, 3.8) is 0 Å². The highest BCUT2D eigenvalue weighted by molar-refractivity contribution is 4.95. The minimum absolute atomic E-state index is 0.0946. The quantitative estimate of drug-likeness (QED) is 0.687.